The number of aryl methyl sites for hydroxylation is 1. The van der Waals surface area contributed by atoms with Crippen LogP contribution in [0.2, 0.25) is 0 Å². The molecule has 0 spiro atoms. The van der Waals surface area contributed by atoms with E-state index in [2.05, 4.69) is 89.1 Å². The molecule has 1 fully saturated rings. The van der Waals surface area contributed by atoms with Gasteiger partial charge in [-0.05, 0) is 62.2 Å². The first-order valence-electron chi connectivity index (χ1n) is 9.49. The molecule has 0 unspecified atom stereocenters. The van der Waals surface area contributed by atoms with Crippen LogP contribution in [0.5, 0.6) is 0 Å². The van der Waals surface area contributed by atoms with Gasteiger partial charge in [0.2, 0.25) is 0 Å². The summed E-state index contributed by atoms with van der Waals surface area (Å²) in [6.07, 6.45) is 11.5. The van der Waals surface area contributed by atoms with Crippen LogP contribution in [0.3, 0.4) is 0 Å². The summed E-state index contributed by atoms with van der Waals surface area (Å²) in [4.78, 5) is 4.53. The van der Waals surface area contributed by atoms with Gasteiger partial charge in [0.25, 0.3) is 0 Å². The molecule has 0 amide bonds. The van der Waals surface area contributed by atoms with E-state index in [-0.39, 0.29) is 19.5 Å². The van der Waals surface area contributed by atoms with Gasteiger partial charge in [0.15, 0.2) is 0 Å². The number of allylic oxidation sites excluding steroid dienone is 1. The van der Waals surface area contributed by atoms with E-state index in [1.807, 2.05) is 24.4 Å². The molecule has 2 aromatic rings. The molecule has 1 aliphatic rings. The smallest absolute Gasteiger partial charge is 0.386 e. The maximum atomic E-state index is 4.53. The molecule has 0 atom stereocenters. The molecule has 0 saturated carbocycles. The molecule has 3 rings (SSSR count). The maximum absolute atomic E-state index is 4.53. The third kappa shape index (κ3) is 9.63. The molecule has 3 nitrogen and oxygen atoms in total. The third-order valence-corrected chi connectivity index (χ3v) is 5.67. The van der Waals surface area contributed by atoms with Crippen molar-refractivity contribution in [1.29, 1.82) is 0 Å². The van der Waals surface area contributed by atoms with Crippen LogP contribution in [0.25, 0.3) is 6.08 Å². The summed E-state index contributed by atoms with van der Waals surface area (Å²) in [6.45, 7) is 8.68. The zero-order valence-electron chi connectivity index (χ0n) is 17.6. The summed E-state index contributed by atoms with van der Waals surface area (Å²) in [5, 5.41) is 0. The van der Waals surface area contributed by atoms with Crippen molar-refractivity contribution in [1.82, 2.24) is 8.61 Å². The largest absolute Gasteiger partial charge is 1.00 e. The van der Waals surface area contributed by atoms with Crippen molar-refractivity contribution in [3.05, 3.63) is 78.0 Å². The van der Waals surface area contributed by atoms with Crippen LogP contribution >= 0.6 is 23.9 Å². The Kier molecular flexibility index (Phi) is 13.5. The summed E-state index contributed by atoms with van der Waals surface area (Å²) in [5.41, 5.74) is 4.60. The van der Waals surface area contributed by atoms with E-state index >= 15 is 0 Å². The summed E-state index contributed by atoms with van der Waals surface area (Å²) >= 11 is 3.55. The van der Waals surface area contributed by atoms with Gasteiger partial charge in [0.05, 0.1) is 5.69 Å². The van der Waals surface area contributed by atoms with Crippen molar-refractivity contribution in [2.75, 3.05) is 25.6 Å². The molecule has 6 heteroatoms. The second kappa shape index (κ2) is 15.0. The molecule has 0 N–H and O–H groups in total. The maximum Gasteiger partial charge on any atom is 1.00 e. The summed E-state index contributed by atoms with van der Waals surface area (Å²) in [5.74, 6) is 0. The van der Waals surface area contributed by atoms with Crippen LogP contribution < -0.4 is 0 Å². The fourth-order valence-corrected chi connectivity index (χ4v) is 3.54. The Bertz CT molecular complexity index is 753. The third-order valence-electron chi connectivity index (χ3n) is 4.18. The van der Waals surface area contributed by atoms with E-state index in [0.717, 1.165) is 30.8 Å². The number of aliphatic imine (C=N–C) groups is 1. The summed E-state index contributed by atoms with van der Waals surface area (Å²) < 4.78 is 4.47. The number of hydrogen-bond acceptors (Lipinski definition) is 5. The number of benzene rings is 2. The van der Waals surface area contributed by atoms with Crippen molar-refractivity contribution in [3.8, 4) is 0 Å². The monoisotopic (exact) mass is 514 g/mol. The van der Waals surface area contributed by atoms with Crippen LogP contribution in [0.1, 0.15) is 30.0 Å². The molecule has 157 valence electrons. The first-order valence-corrected chi connectivity index (χ1v) is 11.9. The Morgan fingerprint density at radius 2 is 1.55 bits per heavy atom. The van der Waals surface area contributed by atoms with Gasteiger partial charge >= 0.3 is 19.5 Å². The number of hydrogen-bond donors (Lipinski definition) is 0. The molecule has 1 aliphatic heterocycles. The SMILES string of the molecule is CC/C=C\c1ccccc1C=Nc1ccc(C)cc1.CSN1[CH-]N(SC)CC1.[Ru+]. The van der Waals surface area contributed by atoms with Gasteiger partial charge in [-0.15, -0.1) is 23.9 Å². The van der Waals surface area contributed by atoms with Crippen LogP contribution in [0.4, 0.5) is 5.69 Å². The Balaban J connectivity index is 0.000000355. The van der Waals surface area contributed by atoms with Crippen LogP contribution in [-0.2, 0) is 19.5 Å². The first kappa shape index (κ1) is 26.1. The minimum Gasteiger partial charge on any atom is -0.386 e. The van der Waals surface area contributed by atoms with E-state index < -0.39 is 0 Å². The predicted octanol–water partition coefficient (Wildman–Crippen LogP) is 6.45. The second-order valence-corrected chi connectivity index (χ2v) is 7.96. The number of rotatable bonds is 6. The van der Waals surface area contributed by atoms with Crippen molar-refractivity contribution >= 4 is 41.9 Å². The summed E-state index contributed by atoms with van der Waals surface area (Å²) in [7, 11) is 0. The Hall–Kier alpha value is -0.907. The van der Waals surface area contributed by atoms with Crippen LogP contribution in [-0.4, -0.2) is 40.4 Å². The van der Waals surface area contributed by atoms with Gasteiger partial charge in [-0.1, -0.05) is 61.0 Å². The van der Waals surface area contributed by atoms with Gasteiger partial charge in [-0.25, -0.2) is 0 Å². The van der Waals surface area contributed by atoms with E-state index in [4.69, 9.17) is 0 Å². The van der Waals surface area contributed by atoms with E-state index in [1.54, 1.807) is 23.9 Å². The standard InChI is InChI=1S/C18H19N.C5H11N2S2.Ru/c1-3-4-7-16-8-5-6-9-17(16)14-19-18-12-10-15(2)11-13-18;1-8-6-3-4-7(5-6)9-2;/h4-14H,3H2,1-2H3;5H,3-4H2,1-2H3;/q;-1;+1/b7-4-,19-14?;;. The molecule has 0 aliphatic carbocycles. The van der Waals surface area contributed by atoms with Gasteiger partial charge in [-0.2, -0.15) is 6.67 Å². The zero-order valence-corrected chi connectivity index (χ0v) is 20.9. The predicted molar refractivity (Wildman–Crippen MR) is 129 cm³/mol. The van der Waals surface area contributed by atoms with Gasteiger partial charge in [0.1, 0.15) is 0 Å². The molecule has 0 bridgehead atoms. The average molecular weight is 514 g/mol. The average Bonchev–Trinajstić information content (AvgIpc) is 3.21. The minimum absolute atomic E-state index is 0. The topological polar surface area (TPSA) is 18.8 Å². The van der Waals surface area contributed by atoms with Crippen molar-refractivity contribution in [2.24, 2.45) is 4.99 Å². The van der Waals surface area contributed by atoms with Gasteiger partial charge in [-0.3, -0.25) is 4.99 Å². The van der Waals surface area contributed by atoms with E-state index in [1.165, 1.54) is 11.1 Å². The van der Waals surface area contributed by atoms with Crippen LogP contribution in [0.15, 0.2) is 59.6 Å². The molecular weight excluding hydrogens is 483 g/mol. The fraction of sp³-hybridized carbons (Fsp3) is 0.304. The molecule has 1 radical (unpaired) electrons. The zero-order chi connectivity index (χ0) is 20.2. The number of nitrogens with zero attached hydrogens (tertiary/aromatic N) is 3. The molecule has 1 heterocycles. The Labute approximate surface area is 198 Å². The quantitative estimate of drug-likeness (QED) is 0.191. The fourth-order valence-electron chi connectivity index (χ4n) is 2.53. The van der Waals surface area contributed by atoms with E-state index in [0.29, 0.717) is 0 Å². The van der Waals surface area contributed by atoms with Crippen LogP contribution in [0, 0.1) is 13.6 Å². The molecule has 1 saturated heterocycles. The molecule has 29 heavy (non-hydrogen) atoms. The Morgan fingerprint density at radius 3 is 2.07 bits per heavy atom. The first-order chi connectivity index (χ1) is 13.7. The molecular formula is C23H30N3RuS2. The normalized spacial score (nSPS) is 14.8. The van der Waals surface area contributed by atoms with Crippen molar-refractivity contribution in [2.45, 2.75) is 20.3 Å². The molecule has 2 aromatic carbocycles. The van der Waals surface area contributed by atoms with Crippen molar-refractivity contribution < 1.29 is 19.5 Å². The van der Waals surface area contributed by atoms with Gasteiger partial charge < -0.3 is 8.61 Å². The van der Waals surface area contributed by atoms with E-state index in [9.17, 15) is 0 Å². The minimum atomic E-state index is 0. The molecule has 0 aromatic heterocycles. The van der Waals surface area contributed by atoms with Gasteiger partial charge in [0, 0.05) is 6.21 Å². The Morgan fingerprint density at radius 1 is 0.966 bits per heavy atom. The summed E-state index contributed by atoms with van der Waals surface area (Å²) in [6, 6.07) is 16.5. The van der Waals surface area contributed by atoms with Crippen molar-refractivity contribution in [3.63, 3.8) is 0 Å². The second-order valence-electron chi connectivity index (χ2n) is 6.30.